The van der Waals surface area contributed by atoms with Crippen LogP contribution >= 0.6 is 23.4 Å². The number of hydrogen-bond acceptors (Lipinski definition) is 5. The van der Waals surface area contributed by atoms with Gasteiger partial charge in [-0.15, -0.1) is 6.58 Å². The zero-order valence-corrected chi connectivity index (χ0v) is 19.3. The molecule has 0 aliphatic carbocycles. The monoisotopic (exact) mass is 470 g/mol. The minimum atomic E-state index is -0.615. The molecule has 0 bridgehead atoms. The second kappa shape index (κ2) is 10.5. The molecule has 7 nitrogen and oxygen atoms in total. The SMILES string of the molecule is C=CCNC(=O)NC(=O)CSc1nc2cc(Cl)ccc2c(=O)n1-c1ccccc1C(C)C. The number of benzene rings is 2. The molecule has 0 radical (unpaired) electrons. The lowest BCUT2D eigenvalue weighted by Crippen LogP contribution is -2.40. The van der Waals surface area contributed by atoms with Gasteiger partial charge in [-0.05, 0) is 35.7 Å². The molecule has 166 valence electrons. The van der Waals surface area contributed by atoms with Crippen molar-refractivity contribution in [3.05, 3.63) is 76.1 Å². The maximum atomic E-state index is 13.5. The lowest BCUT2D eigenvalue weighted by molar-refractivity contribution is -0.117. The minimum absolute atomic E-state index is 0.107. The summed E-state index contributed by atoms with van der Waals surface area (Å²) in [5.74, 6) is -0.460. The number of rotatable bonds is 7. The van der Waals surface area contributed by atoms with Crippen LogP contribution in [-0.4, -0.2) is 33.8 Å². The highest BCUT2D eigenvalue weighted by molar-refractivity contribution is 7.99. The molecular weight excluding hydrogens is 448 g/mol. The Bertz CT molecular complexity index is 1240. The van der Waals surface area contributed by atoms with E-state index >= 15 is 0 Å². The largest absolute Gasteiger partial charge is 0.334 e. The topological polar surface area (TPSA) is 93.1 Å². The fraction of sp³-hybridized carbons (Fsp3) is 0.217. The lowest BCUT2D eigenvalue weighted by Gasteiger charge is -2.18. The summed E-state index contributed by atoms with van der Waals surface area (Å²) < 4.78 is 1.52. The third-order valence-corrected chi connectivity index (χ3v) is 5.77. The number of urea groups is 1. The maximum absolute atomic E-state index is 13.5. The van der Waals surface area contributed by atoms with Gasteiger partial charge in [0.2, 0.25) is 5.91 Å². The van der Waals surface area contributed by atoms with E-state index in [1.807, 2.05) is 38.1 Å². The molecule has 1 heterocycles. The minimum Gasteiger partial charge on any atom is -0.334 e. The first-order chi connectivity index (χ1) is 15.3. The number of carbonyl (C=O) groups is 2. The van der Waals surface area contributed by atoms with Crippen LogP contribution in [0.15, 0.2) is 65.1 Å². The third-order valence-electron chi connectivity index (χ3n) is 4.59. The van der Waals surface area contributed by atoms with E-state index in [1.165, 1.54) is 10.6 Å². The van der Waals surface area contributed by atoms with E-state index in [4.69, 9.17) is 11.6 Å². The van der Waals surface area contributed by atoms with Crippen molar-refractivity contribution in [1.82, 2.24) is 20.2 Å². The van der Waals surface area contributed by atoms with Crippen LogP contribution in [0.3, 0.4) is 0 Å². The summed E-state index contributed by atoms with van der Waals surface area (Å²) >= 11 is 7.17. The molecular formula is C23H23ClN4O3S. The van der Waals surface area contributed by atoms with Gasteiger partial charge in [-0.3, -0.25) is 19.5 Å². The molecule has 3 aromatic rings. The average molecular weight is 471 g/mol. The molecule has 2 N–H and O–H groups in total. The van der Waals surface area contributed by atoms with Crippen LogP contribution in [0.5, 0.6) is 0 Å². The number of para-hydroxylation sites is 1. The second-order valence-corrected chi connectivity index (χ2v) is 8.62. The molecule has 0 aliphatic rings. The number of fused-ring (bicyclic) bond motifs is 1. The van der Waals surface area contributed by atoms with Gasteiger partial charge in [-0.1, -0.05) is 61.5 Å². The molecule has 32 heavy (non-hydrogen) atoms. The highest BCUT2D eigenvalue weighted by atomic mass is 35.5. The summed E-state index contributed by atoms with van der Waals surface area (Å²) in [6.07, 6.45) is 1.51. The van der Waals surface area contributed by atoms with Crippen LogP contribution in [0.4, 0.5) is 4.79 Å². The van der Waals surface area contributed by atoms with Crippen LogP contribution in [0.1, 0.15) is 25.3 Å². The Morgan fingerprint density at radius 2 is 2.00 bits per heavy atom. The average Bonchev–Trinajstić information content (AvgIpc) is 2.76. The van der Waals surface area contributed by atoms with E-state index in [2.05, 4.69) is 22.2 Å². The van der Waals surface area contributed by atoms with E-state index in [0.717, 1.165) is 17.3 Å². The Hall–Kier alpha value is -3.10. The summed E-state index contributed by atoms with van der Waals surface area (Å²) in [5, 5.41) is 5.93. The van der Waals surface area contributed by atoms with Gasteiger partial charge in [0.15, 0.2) is 5.16 Å². The van der Waals surface area contributed by atoms with Crippen molar-refractivity contribution in [1.29, 1.82) is 0 Å². The summed E-state index contributed by atoms with van der Waals surface area (Å²) in [4.78, 5) is 42.1. The fourth-order valence-corrected chi connectivity index (χ4v) is 4.10. The van der Waals surface area contributed by atoms with Gasteiger partial charge in [0, 0.05) is 11.6 Å². The quantitative estimate of drug-likeness (QED) is 0.305. The number of nitrogens with one attached hydrogen (secondary N) is 2. The van der Waals surface area contributed by atoms with Gasteiger partial charge < -0.3 is 5.32 Å². The van der Waals surface area contributed by atoms with Crippen molar-refractivity contribution in [3.8, 4) is 5.69 Å². The molecule has 0 atom stereocenters. The van der Waals surface area contributed by atoms with Crippen molar-refractivity contribution >= 4 is 46.2 Å². The van der Waals surface area contributed by atoms with Gasteiger partial charge >= 0.3 is 6.03 Å². The number of hydrogen-bond donors (Lipinski definition) is 2. The van der Waals surface area contributed by atoms with Crippen molar-refractivity contribution in [2.45, 2.75) is 24.9 Å². The summed E-state index contributed by atoms with van der Waals surface area (Å²) in [6.45, 7) is 7.83. The number of amides is 3. The zero-order valence-electron chi connectivity index (χ0n) is 17.7. The first-order valence-electron chi connectivity index (χ1n) is 9.94. The molecule has 2 aromatic carbocycles. The molecule has 0 saturated carbocycles. The summed E-state index contributed by atoms with van der Waals surface area (Å²) in [5.41, 5.74) is 1.85. The molecule has 9 heteroatoms. The number of aromatic nitrogens is 2. The number of carbonyl (C=O) groups excluding carboxylic acids is 2. The Kier molecular flexibility index (Phi) is 7.71. The predicted molar refractivity (Wildman–Crippen MR) is 129 cm³/mol. The number of thioether (sulfide) groups is 1. The van der Waals surface area contributed by atoms with Gasteiger partial charge in [-0.2, -0.15) is 0 Å². The maximum Gasteiger partial charge on any atom is 0.321 e. The molecule has 0 fully saturated rings. The molecule has 0 saturated heterocycles. The van der Waals surface area contributed by atoms with Crippen LogP contribution < -0.4 is 16.2 Å². The number of halogens is 1. The molecule has 3 amide bonds. The van der Waals surface area contributed by atoms with Gasteiger partial charge in [0.1, 0.15) is 0 Å². The summed E-state index contributed by atoms with van der Waals surface area (Å²) in [6, 6.07) is 11.9. The second-order valence-electron chi connectivity index (χ2n) is 7.25. The van der Waals surface area contributed by atoms with Gasteiger partial charge in [-0.25, -0.2) is 9.78 Å². The van der Waals surface area contributed by atoms with E-state index in [-0.39, 0.29) is 23.8 Å². The highest BCUT2D eigenvalue weighted by Crippen LogP contribution is 2.27. The standard InChI is InChI=1S/C23H23ClN4O3S/c1-4-11-25-22(31)27-20(29)13-32-23-26-18-12-15(24)9-10-17(18)21(30)28(23)19-8-6-5-7-16(19)14(2)3/h4-10,12,14H,1,11,13H2,2-3H3,(H2,25,27,29,31). The molecule has 0 unspecified atom stereocenters. The number of imide groups is 1. The Balaban J connectivity index is 2.04. The fourth-order valence-electron chi connectivity index (χ4n) is 3.13. The normalized spacial score (nSPS) is 10.9. The Morgan fingerprint density at radius 3 is 2.72 bits per heavy atom. The van der Waals surface area contributed by atoms with E-state index < -0.39 is 11.9 Å². The first kappa shape index (κ1) is 23.6. The summed E-state index contributed by atoms with van der Waals surface area (Å²) in [7, 11) is 0. The predicted octanol–water partition coefficient (Wildman–Crippen LogP) is 4.27. The Morgan fingerprint density at radius 1 is 1.25 bits per heavy atom. The van der Waals surface area contributed by atoms with Crippen molar-refractivity contribution in [2.24, 2.45) is 0 Å². The first-order valence-corrected chi connectivity index (χ1v) is 11.3. The van der Waals surface area contributed by atoms with E-state index in [0.29, 0.717) is 26.8 Å². The molecule has 1 aromatic heterocycles. The van der Waals surface area contributed by atoms with Crippen molar-refractivity contribution in [3.63, 3.8) is 0 Å². The van der Waals surface area contributed by atoms with Crippen LogP contribution in [0.2, 0.25) is 5.02 Å². The van der Waals surface area contributed by atoms with Gasteiger partial charge in [0.25, 0.3) is 5.56 Å². The van der Waals surface area contributed by atoms with Crippen LogP contribution in [0, 0.1) is 0 Å². The van der Waals surface area contributed by atoms with Crippen LogP contribution in [-0.2, 0) is 4.79 Å². The van der Waals surface area contributed by atoms with Crippen molar-refractivity contribution in [2.75, 3.05) is 12.3 Å². The molecule has 3 rings (SSSR count). The number of nitrogens with zero attached hydrogens (tertiary/aromatic N) is 2. The highest BCUT2D eigenvalue weighted by Gasteiger charge is 2.18. The molecule has 0 spiro atoms. The van der Waals surface area contributed by atoms with Crippen molar-refractivity contribution < 1.29 is 9.59 Å². The molecule has 0 aliphatic heterocycles. The van der Waals surface area contributed by atoms with E-state index in [1.54, 1.807) is 18.2 Å². The van der Waals surface area contributed by atoms with E-state index in [9.17, 15) is 14.4 Å². The lowest BCUT2D eigenvalue weighted by atomic mass is 10.0. The van der Waals surface area contributed by atoms with Crippen LogP contribution in [0.25, 0.3) is 16.6 Å². The van der Waals surface area contributed by atoms with Gasteiger partial charge in [0.05, 0.1) is 22.3 Å². The smallest absolute Gasteiger partial charge is 0.321 e. The Labute approximate surface area is 194 Å². The third kappa shape index (κ3) is 5.38. The zero-order chi connectivity index (χ0) is 23.3.